The average molecular weight is 273 g/mol. The first-order valence-electron chi connectivity index (χ1n) is 5.97. The molecule has 1 amide bonds. The van der Waals surface area contributed by atoms with Crippen LogP contribution in [0.4, 0.5) is 0 Å². The van der Waals surface area contributed by atoms with Crippen LogP contribution in [0.15, 0.2) is 5.38 Å². The number of amides is 1. The van der Waals surface area contributed by atoms with Crippen LogP contribution in [0.25, 0.3) is 0 Å². The van der Waals surface area contributed by atoms with E-state index in [1.807, 2.05) is 5.38 Å². The van der Waals surface area contributed by atoms with E-state index in [0.29, 0.717) is 24.3 Å². The highest BCUT2D eigenvalue weighted by molar-refractivity contribution is 7.09. The molecule has 0 aromatic carbocycles. The highest BCUT2D eigenvalue weighted by atomic mass is 35.5. The van der Waals surface area contributed by atoms with Gasteiger partial charge in [-0.25, -0.2) is 4.98 Å². The van der Waals surface area contributed by atoms with Gasteiger partial charge in [-0.05, 0) is 25.7 Å². The predicted octanol–water partition coefficient (Wildman–Crippen LogP) is 2.73. The van der Waals surface area contributed by atoms with E-state index in [-0.39, 0.29) is 5.91 Å². The topological polar surface area (TPSA) is 42.0 Å². The molecule has 17 heavy (non-hydrogen) atoms. The van der Waals surface area contributed by atoms with Gasteiger partial charge < -0.3 is 5.32 Å². The van der Waals surface area contributed by atoms with E-state index in [1.54, 1.807) is 0 Å². The molecule has 1 atom stereocenters. The Labute approximate surface area is 111 Å². The summed E-state index contributed by atoms with van der Waals surface area (Å²) in [5.74, 6) is 1.16. The average Bonchev–Trinajstić information content (AvgIpc) is 2.62. The summed E-state index contributed by atoms with van der Waals surface area (Å²) in [7, 11) is 0. The van der Waals surface area contributed by atoms with Gasteiger partial charge in [-0.15, -0.1) is 22.9 Å². The zero-order valence-corrected chi connectivity index (χ0v) is 11.5. The second-order valence-corrected chi connectivity index (χ2v) is 5.80. The van der Waals surface area contributed by atoms with Crippen LogP contribution in [-0.2, 0) is 17.1 Å². The van der Waals surface area contributed by atoms with Gasteiger partial charge in [-0.3, -0.25) is 4.79 Å². The Balaban J connectivity index is 1.79. The van der Waals surface area contributed by atoms with E-state index < -0.39 is 0 Å². The Morgan fingerprint density at radius 1 is 1.71 bits per heavy atom. The summed E-state index contributed by atoms with van der Waals surface area (Å²) < 4.78 is 0. The molecule has 1 saturated carbocycles. The quantitative estimate of drug-likeness (QED) is 0.838. The lowest BCUT2D eigenvalue weighted by atomic mass is 9.80. The van der Waals surface area contributed by atoms with Gasteiger partial charge in [0.25, 0.3) is 0 Å². The van der Waals surface area contributed by atoms with Crippen molar-refractivity contribution in [1.29, 1.82) is 0 Å². The summed E-state index contributed by atoms with van der Waals surface area (Å²) in [6.07, 6.45) is 4.17. The maximum absolute atomic E-state index is 11.8. The SMILES string of the molecule is CC(NC(=O)Cc1nc(CCl)cs1)C1CCC1. The number of carbonyl (C=O) groups is 1. The lowest BCUT2D eigenvalue weighted by molar-refractivity contribution is -0.121. The molecule has 1 heterocycles. The zero-order valence-electron chi connectivity index (χ0n) is 9.91. The number of rotatable bonds is 5. The van der Waals surface area contributed by atoms with Crippen molar-refractivity contribution in [2.75, 3.05) is 0 Å². The highest BCUT2D eigenvalue weighted by Gasteiger charge is 2.25. The number of nitrogens with one attached hydrogen (secondary N) is 1. The van der Waals surface area contributed by atoms with Crippen molar-refractivity contribution < 1.29 is 4.79 Å². The number of alkyl halides is 1. The van der Waals surface area contributed by atoms with Crippen LogP contribution < -0.4 is 5.32 Å². The van der Waals surface area contributed by atoms with Gasteiger partial charge in [-0.2, -0.15) is 0 Å². The monoisotopic (exact) mass is 272 g/mol. The molecule has 0 aliphatic heterocycles. The van der Waals surface area contributed by atoms with E-state index in [1.165, 1.54) is 30.6 Å². The minimum atomic E-state index is 0.0693. The minimum Gasteiger partial charge on any atom is -0.353 e. The predicted molar refractivity (Wildman–Crippen MR) is 70.3 cm³/mol. The van der Waals surface area contributed by atoms with Crippen molar-refractivity contribution >= 4 is 28.8 Å². The van der Waals surface area contributed by atoms with Crippen molar-refractivity contribution in [2.24, 2.45) is 5.92 Å². The van der Waals surface area contributed by atoms with Crippen LogP contribution >= 0.6 is 22.9 Å². The Bertz CT molecular complexity index is 390. The summed E-state index contributed by atoms with van der Waals surface area (Å²) in [4.78, 5) is 16.1. The normalized spacial score (nSPS) is 17.5. The number of carbonyl (C=O) groups excluding carboxylic acids is 1. The van der Waals surface area contributed by atoms with E-state index >= 15 is 0 Å². The van der Waals surface area contributed by atoms with Crippen LogP contribution in [-0.4, -0.2) is 16.9 Å². The first-order chi connectivity index (χ1) is 8.19. The summed E-state index contributed by atoms with van der Waals surface area (Å²) in [6, 6.07) is 0.295. The van der Waals surface area contributed by atoms with Crippen LogP contribution in [0.5, 0.6) is 0 Å². The summed E-state index contributed by atoms with van der Waals surface area (Å²) in [5.41, 5.74) is 0.853. The number of aromatic nitrogens is 1. The largest absolute Gasteiger partial charge is 0.353 e. The lowest BCUT2D eigenvalue weighted by Crippen LogP contribution is -2.41. The van der Waals surface area contributed by atoms with Crippen LogP contribution in [0, 0.1) is 5.92 Å². The fourth-order valence-corrected chi connectivity index (χ4v) is 3.01. The van der Waals surface area contributed by atoms with Gasteiger partial charge in [0.1, 0.15) is 5.01 Å². The van der Waals surface area contributed by atoms with Crippen molar-refractivity contribution in [3.8, 4) is 0 Å². The molecule has 5 heteroatoms. The first-order valence-corrected chi connectivity index (χ1v) is 7.39. The zero-order chi connectivity index (χ0) is 12.3. The Kier molecular flexibility index (Phi) is 4.40. The number of nitrogens with zero attached hydrogens (tertiary/aromatic N) is 1. The second-order valence-electron chi connectivity index (χ2n) is 4.59. The molecular weight excluding hydrogens is 256 g/mol. The molecule has 1 N–H and O–H groups in total. The highest BCUT2D eigenvalue weighted by Crippen LogP contribution is 2.29. The maximum atomic E-state index is 11.8. The third kappa shape index (κ3) is 3.42. The van der Waals surface area contributed by atoms with Crippen LogP contribution in [0.3, 0.4) is 0 Å². The van der Waals surface area contributed by atoms with Gasteiger partial charge in [0.15, 0.2) is 0 Å². The Hall–Kier alpha value is -0.610. The van der Waals surface area contributed by atoms with Gasteiger partial charge >= 0.3 is 0 Å². The summed E-state index contributed by atoms with van der Waals surface area (Å²) >= 11 is 7.17. The molecule has 3 nitrogen and oxygen atoms in total. The second kappa shape index (κ2) is 5.83. The molecular formula is C12H17ClN2OS. The molecule has 1 aromatic heterocycles. The molecule has 0 spiro atoms. The lowest BCUT2D eigenvalue weighted by Gasteiger charge is -2.31. The standard InChI is InChI=1S/C12H17ClN2OS/c1-8(9-3-2-4-9)14-11(16)5-12-15-10(6-13)7-17-12/h7-9H,2-6H2,1H3,(H,14,16). The first kappa shape index (κ1) is 12.8. The molecule has 1 aliphatic carbocycles. The smallest absolute Gasteiger partial charge is 0.227 e. The molecule has 0 saturated heterocycles. The van der Waals surface area contributed by atoms with Gasteiger partial charge in [-0.1, -0.05) is 6.42 Å². The Morgan fingerprint density at radius 2 is 2.47 bits per heavy atom. The molecule has 94 valence electrons. The molecule has 2 rings (SSSR count). The van der Waals surface area contributed by atoms with Crippen molar-refractivity contribution in [2.45, 2.75) is 44.5 Å². The van der Waals surface area contributed by atoms with Gasteiger partial charge in [0, 0.05) is 11.4 Å². The fourth-order valence-electron chi connectivity index (χ4n) is 1.99. The van der Waals surface area contributed by atoms with Crippen LogP contribution in [0.2, 0.25) is 0 Å². The Morgan fingerprint density at radius 3 is 3.00 bits per heavy atom. The van der Waals surface area contributed by atoms with Gasteiger partial charge in [0.2, 0.25) is 5.91 Å². The number of halogens is 1. The van der Waals surface area contributed by atoms with E-state index in [0.717, 1.165) is 10.7 Å². The number of hydrogen-bond donors (Lipinski definition) is 1. The van der Waals surface area contributed by atoms with Crippen LogP contribution in [0.1, 0.15) is 36.9 Å². The van der Waals surface area contributed by atoms with Crippen molar-refractivity contribution in [1.82, 2.24) is 10.3 Å². The van der Waals surface area contributed by atoms with E-state index in [2.05, 4.69) is 17.2 Å². The fraction of sp³-hybridized carbons (Fsp3) is 0.667. The minimum absolute atomic E-state index is 0.0693. The molecule has 0 bridgehead atoms. The maximum Gasteiger partial charge on any atom is 0.227 e. The number of thiazole rings is 1. The van der Waals surface area contributed by atoms with Crippen molar-refractivity contribution in [3.63, 3.8) is 0 Å². The molecule has 1 fully saturated rings. The van der Waals surface area contributed by atoms with E-state index in [9.17, 15) is 4.79 Å². The number of hydrogen-bond acceptors (Lipinski definition) is 3. The van der Waals surface area contributed by atoms with E-state index in [4.69, 9.17) is 11.6 Å². The molecule has 1 aliphatic rings. The third-order valence-corrected chi connectivity index (χ3v) is 4.47. The molecule has 1 unspecified atom stereocenters. The van der Waals surface area contributed by atoms with Gasteiger partial charge in [0.05, 0.1) is 18.0 Å². The summed E-state index contributed by atoms with van der Waals surface area (Å²) in [6.45, 7) is 2.09. The third-order valence-electron chi connectivity index (χ3n) is 3.29. The van der Waals surface area contributed by atoms with Crippen molar-refractivity contribution in [3.05, 3.63) is 16.1 Å². The summed E-state index contributed by atoms with van der Waals surface area (Å²) in [5, 5.41) is 5.81. The molecule has 0 radical (unpaired) electrons. The molecule has 1 aromatic rings.